The number of hydrogen-bond donors (Lipinski definition) is 3. The van der Waals surface area contributed by atoms with Gasteiger partial charge >= 0.3 is 6.03 Å². The molecule has 1 aliphatic rings. The van der Waals surface area contributed by atoms with Crippen molar-refractivity contribution in [3.8, 4) is 5.75 Å². The molecule has 0 bridgehead atoms. The van der Waals surface area contributed by atoms with Crippen LogP contribution in [0.5, 0.6) is 5.75 Å². The van der Waals surface area contributed by atoms with Crippen LogP contribution in [0.25, 0.3) is 11.0 Å². The standard InChI is InChI=1S/C29H40N6O4/c1-3-39-26-14-7-5-12-24(26)33-29(37)31-19-22(30)18-27(36)34-15-8-10-21(20-34)28-32-23-11-4-6-13-25(23)35(28)16-9-17-38-2/h4-7,11-14,21-22H,3,8-10,15-20,30H2,1-2H3,(H2,31,33,37)/t21-,22-/m1/s1. The van der Waals surface area contributed by atoms with Crippen LogP contribution >= 0.6 is 0 Å². The van der Waals surface area contributed by atoms with Gasteiger partial charge in [-0.15, -0.1) is 0 Å². The van der Waals surface area contributed by atoms with Gasteiger partial charge in [0, 0.05) is 58.3 Å². The summed E-state index contributed by atoms with van der Waals surface area (Å²) < 4.78 is 13.1. The van der Waals surface area contributed by atoms with Crippen molar-refractivity contribution in [1.82, 2.24) is 19.8 Å². The fraction of sp³-hybridized carbons (Fsp3) is 0.483. The van der Waals surface area contributed by atoms with Crippen LogP contribution in [-0.2, 0) is 16.1 Å². The molecule has 1 fully saturated rings. The van der Waals surface area contributed by atoms with Gasteiger partial charge in [0.2, 0.25) is 5.91 Å². The second-order valence-electron chi connectivity index (χ2n) is 9.86. The minimum Gasteiger partial charge on any atom is -0.492 e. The number of methoxy groups -OCH3 is 1. The first-order valence-corrected chi connectivity index (χ1v) is 13.7. The molecule has 4 N–H and O–H groups in total. The van der Waals surface area contributed by atoms with Crippen molar-refractivity contribution in [2.45, 2.75) is 51.1 Å². The van der Waals surface area contributed by atoms with Crippen LogP contribution < -0.4 is 21.1 Å². The molecule has 0 spiro atoms. The molecule has 3 amide bonds. The Kier molecular flexibility index (Phi) is 10.2. The number of aromatic nitrogens is 2. The lowest BCUT2D eigenvalue weighted by molar-refractivity contribution is -0.132. The molecule has 0 aliphatic carbocycles. The molecular weight excluding hydrogens is 496 g/mol. The predicted octanol–water partition coefficient (Wildman–Crippen LogP) is 3.72. The Morgan fingerprint density at radius 2 is 1.97 bits per heavy atom. The zero-order chi connectivity index (χ0) is 27.6. The van der Waals surface area contributed by atoms with E-state index in [9.17, 15) is 9.59 Å². The first kappa shape index (κ1) is 28.4. The van der Waals surface area contributed by atoms with Crippen LogP contribution in [0.15, 0.2) is 48.5 Å². The molecule has 10 heteroatoms. The number of fused-ring (bicyclic) bond motifs is 1. The summed E-state index contributed by atoms with van der Waals surface area (Å²) in [6, 6.07) is 14.5. The van der Waals surface area contributed by atoms with E-state index in [0.29, 0.717) is 37.7 Å². The number of ether oxygens (including phenoxy) is 2. The van der Waals surface area contributed by atoms with E-state index < -0.39 is 12.1 Å². The number of nitrogens with zero attached hydrogens (tertiary/aromatic N) is 3. The number of aryl methyl sites for hydroxylation is 1. The molecule has 1 aromatic heterocycles. The van der Waals surface area contributed by atoms with Gasteiger partial charge in [-0.3, -0.25) is 4.79 Å². The summed E-state index contributed by atoms with van der Waals surface area (Å²) in [6.07, 6.45) is 2.94. The van der Waals surface area contributed by atoms with Crippen LogP contribution in [0.4, 0.5) is 10.5 Å². The number of hydrogen-bond acceptors (Lipinski definition) is 6. The van der Waals surface area contributed by atoms with Crippen LogP contribution in [0.1, 0.15) is 44.3 Å². The van der Waals surface area contributed by atoms with E-state index in [2.05, 4.69) is 21.3 Å². The molecular formula is C29H40N6O4. The largest absolute Gasteiger partial charge is 0.492 e. The number of nitrogens with two attached hydrogens (primary N) is 1. The minimum atomic E-state index is -0.496. The quantitative estimate of drug-likeness (QED) is 0.303. The molecule has 1 aliphatic heterocycles. The Hall–Kier alpha value is -3.63. The number of carbonyl (C=O) groups is 2. The number of nitrogens with one attached hydrogen (secondary N) is 2. The summed E-state index contributed by atoms with van der Waals surface area (Å²) in [5.74, 6) is 1.78. The van der Waals surface area contributed by atoms with Crippen molar-refractivity contribution in [2.75, 3.05) is 45.3 Å². The lowest BCUT2D eigenvalue weighted by atomic mass is 9.96. The molecule has 210 valence electrons. The third-order valence-corrected chi connectivity index (χ3v) is 6.95. The third kappa shape index (κ3) is 7.48. The number of benzene rings is 2. The van der Waals surface area contributed by atoms with E-state index in [1.807, 2.05) is 42.2 Å². The van der Waals surface area contributed by atoms with Gasteiger partial charge in [0.05, 0.1) is 23.3 Å². The lowest BCUT2D eigenvalue weighted by Gasteiger charge is -2.33. The fourth-order valence-corrected chi connectivity index (χ4v) is 5.09. The first-order valence-electron chi connectivity index (χ1n) is 13.7. The number of urea groups is 1. The molecule has 10 nitrogen and oxygen atoms in total. The molecule has 2 aromatic carbocycles. The number of carbonyl (C=O) groups excluding carboxylic acids is 2. The Balaban J connectivity index is 1.32. The number of piperidine rings is 1. The number of imidazole rings is 1. The summed E-state index contributed by atoms with van der Waals surface area (Å²) in [5.41, 5.74) is 8.91. The average molecular weight is 537 g/mol. The first-order chi connectivity index (χ1) is 19.0. The summed E-state index contributed by atoms with van der Waals surface area (Å²) in [6.45, 7) is 5.38. The Bertz CT molecular complexity index is 1250. The highest BCUT2D eigenvalue weighted by Crippen LogP contribution is 2.30. The molecule has 39 heavy (non-hydrogen) atoms. The monoisotopic (exact) mass is 536 g/mol. The van der Waals surface area contributed by atoms with Gasteiger partial charge in [0.15, 0.2) is 0 Å². The summed E-state index contributed by atoms with van der Waals surface area (Å²) in [5, 5.41) is 5.55. The molecule has 0 radical (unpaired) electrons. The van der Waals surface area contributed by atoms with Crippen molar-refractivity contribution in [1.29, 1.82) is 0 Å². The van der Waals surface area contributed by atoms with Crippen molar-refractivity contribution in [3.63, 3.8) is 0 Å². The van der Waals surface area contributed by atoms with Crippen LogP contribution in [0, 0.1) is 0 Å². The van der Waals surface area contributed by atoms with Crippen LogP contribution in [0.2, 0.25) is 0 Å². The summed E-state index contributed by atoms with van der Waals surface area (Å²) >= 11 is 0. The molecule has 1 saturated heterocycles. The molecule has 3 aromatic rings. The summed E-state index contributed by atoms with van der Waals surface area (Å²) in [7, 11) is 1.71. The van der Waals surface area contributed by atoms with E-state index in [4.69, 9.17) is 20.2 Å². The highest BCUT2D eigenvalue weighted by atomic mass is 16.5. The molecule has 4 rings (SSSR count). The topological polar surface area (TPSA) is 124 Å². The number of anilines is 1. The van der Waals surface area contributed by atoms with Gasteiger partial charge in [-0.1, -0.05) is 24.3 Å². The molecule has 0 saturated carbocycles. The van der Waals surface area contributed by atoms with Gasteiger partial charge < -0.3 is 35.3 Å². The molecule has 2 atom stereocenters. The normalized spacial score (nSPS) is 16.2. The van der Waals surface area contributed by atoms with E-state index in [1.54, 1.807) is 19.2 Å². The van der Waals surface area contributed by atoms with Crippen molar-refractivity contribution in [3.05, 3.63) is 54.4 Å². The summed E-state index contributed by atoms with van der Waals surface area (Å²) in [4.78, 5) is 32.4. The smallest absolute Gasteiger partial charge is 0.319 e. The van der Waals surface area contributed by atoms with Crippen molar-refractivity contribution in [2.24, 2.45) is 5.73 Å². The highest BCUT2D eigenvalue weighted by Gasteiger charge is 2.29. The zero-order valence-corrected chi connectivity index (χ0v) is 22.9. The second-order valence-corrected chi connectivity index (χ2v) is 9.86. The number of rotatable bonds is 12. The van der Waals surface area contributed by atoms with E-state index in [1.165, 1.54) is 0 Å². The zero-order valence-electron chi connectivity index (χ0n) is 22.9. The minimum absolute atomic E-state index is 0.00172. The highest BCUT2D eigenvalue weighted by molar-refractivity contribution is 5.91. The molecule has 0 unspecified atom stereocenters. The van der Waals surface area contributed by atoms with Gasteiger partial charge in [0.1, 0.15) is 11.6 Å². The fourth-order valence-electron chi connectivity index (χ4n) is 5.09. The van der Waals surface area contributed by atoms with E-state index in [0.717, 1.165) is 42.7 Å². The van der Waals surface area contributed by atoms with Gasteiger partial charge in [-0.2, -0.15) is 0 Å². The van der Waals surface area contributed by atoms with Crippen molar-refractivity contribution >= 4 is 28.7 Å². The van der Waals surface area contributed by atoms with Gasteiger partial charge in [-0.05, 0) is 50.5 Å². The maximum absolute atomic E-state index is 13.2. The van der Waals surface area contributed by atoms with Crippen molar-refractivity contribution < 1.29 is 19.1 Å². The van der Waals surface area contributed by atoms with Gasteiger partial charge in [-0.25, -0.2) is 9.78 Å². The SMILES string of the molecule is CCOc1ccccc1NC(=O)NC[C@H](N)CC(=O)N1CCC[C@@H](c2nc3ccccc3n2CCCOC)C1. The average Bonchev–Trinajstić information content (AvgIpc) is 3.32. The lowest BCUT2D eigenvalue weighted by Crippen LogP contribution is -2.45. The van der Waals surface area contributed by atoms with E-state index >= 15 is 0 Å². The Morgan fingerprint density at radius 3 is 2.79 bits per heavy atom. The van der Waals surface area contributed by atoms with E-state index in [-0.39, 0.29) is 24.8 Å². The van der Waals surface area contributed by atoms with Crippen LogP contribution in [0.3, 0.4) is 0 Å². The maximum atomic E-state index is 13.2. The maximum Gasteiger partial charge on any atom is 0.319 e. The second kappa shape index (κ2) is 14.0. The number of likely N-dealkylation sites (tertiary alicyclic amines) is 1. The molecule has 2 heterocycles. The number of amides is 3. The number of para-hydroxylation sites is 4. The van der Waals surface area contributed by atoms with Gasteiger partial charge in [0.25, 0.3) is 0 Å². The third-order valence-electron chi connectivity index (χ3n) is 6.95. The Morgan fingerprint density at radius 1 is 1.18 bits per heavy atom. The predicted molar refractivity (Wildman–Crippen MR) is 152 cm³/mol. The Labute approximate surface area is 229 Å². The van der Waals surface area contributed by atoms with Crippen LogP contribution in [-0.4, -0.2) is 72.4 Å².